The summed E-state index contributed by atoms with van der Waals surface area (Å²) in [6.45, 7) is 9.05. The number of carbonyl (C=O) groups excluding carboxylic acids is 3. The third-order valence-electron chi connectivity index (χ3n) is 7.52. The van der Waals surface area contributed by atoms with Gasteiger partial charge in [0.05, 0.1) is 30.2 Å². The number of fused-ring (bicyclic) bond motifs is 1. The summed E-state index contributed by atoms with van der Waals surface area (Å²) in [5.41, 5.74) is 2.06. The maximum absolute atomic E-state index is 14.2. The Morgan fingerprint density at radius 3 is 2.32 bits per heavy atom. The average Bonchev–Trinajstić information content (AvgIpc) is 2.93. The average molecular weight is 577 g/mol. The Morgan fingerprint density at radius 2 is 1.66 bits per heavy atom. The Balaban J connectivity index is 1.67. The molecule has 8 heteroatoms. The molecule has 1 heterocycles. The van der Waals surface area contributed by atoms with Crippen LogP contribution in [0.4, 0.5) is 11.4 Å². The van der Waals surface area contributed by atoms with Gasteiger partial charge in [0.1, 0.15) is 5.75 Å². The summed E-state index contributed by atoms with van der Waals surface area (Å²) in [6.07, 6.45) is 0.604. The third kappa shape index (κ3) is 6.41. The fraction of sp³-hybridized carbons (Fsp3) is 0.364. The Kier molecular flexibility index (Phi) is 9.08. The molecule has 0 saturated heterocycles. The number of benzene rings is 3. The number of hydrogen-bond donors (Lipinski definition) is 0. The number of nitrogens with zero attached hydrogens (tertiary/aromatic N) is 2. The highest BCUT2D eigenvalue weighted by atomic mass is 35.5. The zero-order valence-electron chi connectivity index (χ0n) is 24.4. The molecule has 2 amide bonds. The van der Waals surface area contributed by atoms with Crippen LogP contribution >= 0.6 is 11.6 Å². The van der Waals surface area contributed by atoms with Crippen LogP contribution in [0.3, 0.4) is 0 Å². The van der Waals surface area contributed by atoms with Crippen molar-refractivity contribution in [2.45, 2.75) is 65.6 Å². The minimum Gasteiger partial charge on any atom is -0.490 e. The summed E-state index contributed by atoms with van der Waals surface area (Å²) in [6, 6.07) is 21.6. The molecule has 7 nitrogen and oxygen atoms in total. The number of para-hydroxylation sites is 2. The lowest BCUT2D eigenvalue weighted by molar-refractivity contribution is -0.152. The summed E-state index contributed by atoms with van der Waals surface area (Å²) < 4.78 is 11.2. The predicted octanol–water partition coefficient (Wildman–Crippen LogP) is 7.23. The molecule has 1 aliphatic heterocycles. The van der Waals surface area contributed by atoms with Crippen molar-refractivity contribution in [1.29, 1.82) is 0 Å². The van der Waals surface area contributed by atoms with Crippen molar-refractivity contribution in [3.8, 4) is 5.75 Å². The van der Waals surface area contributed by atoms with Gasteiger partial charge in [0.25, 0.3) is 5.91 Å². The molecule has 41 heavy (non-hydrogen) atoms. The number of rotatable bonds is 8. The largest absolute Gasteiger partial charge is 0.490 e. The number of hydrogen-bond acceptors (Lipinski definition) is 5. The first-order chi connectivity index (χ1) is 19.4. The number of methoxy groups -OCH3 is 1. The van der Waals surface area contributed by atoms with E-state index in [9.17, 15) is 14.4 Å². The van der Waals surface area contributed by atoms with Gasteiger partial charge in [-0.1, -0.05) is 41.9 Å². The maximum atomic E-state index is 14.2. The summed E-state index contributed by atoms with van der Waals surface area (Å²) >= 11 is 6.12. The number of anilines is 2. The van der Waals surface area contributed by atoms with Gasteiger partial charge < -0.3 is 19.3 Å². The minimum absolute atomic E-state index is 0.0956. The number of amides is 2. The van der Waals surface area contributed by atoms with Crippen LogP contribution in [-0.4, -0.2) is 37.0 Å². The van der Waals surface area contributed by atoms with Crippen LogP contribution < -0.4 is 14.5 Å². The first kappa shape index (κ1) is 30.1. The molecule has 0 aliphatic carbocycles. The molecule has 0 fully saturated rings. The SMILES string of the molecule is COC(=O)C(C)(C)CC(C)Oc1ccccc1C(=O)N1c2ccccc2C(N(C(C)=O)c2ccc(Cl)cc2)CC1C. The van der Waals surface area contributed by atoms with E-state index in [4.69, 9.17) is 21.1 Å². The standard InChI is InChI=1S/C33H37ClN2O5/c1-21-19-29(36(23(3)37)25-17-15-24(34)16-18-25)26-11-7-9-13-28(26)35(21)31(38)27-12-8-10-14-30(27)41-22(2)20-33(4,5)32(39)40-6/h7-18,21-22,29H,19-20H2,1-6H3. The number of carbonyl (C=O) groups is 3. The highest BCUT2D eigenvalue weighted by molar-refractivity contribution is 6.30. The van der Waals surface area contributed by atoms with Crippen molar-refractivity contribution in [2.24, 2.45) is 5.41 Å². The van der Waals surface area contributed by atoms with Crippen LogP contribution in [0.25, 0.3) is 0 Å². The monoisotopic (exact) mass is 576 g/mol. The van der Waals surface area contributed by atoms with E-state index in [-0.39, 0.29) is 36.0 Å². The second-order valence-corrected chi connectivity index (χ2v) is 11.6. The fourth-order valence-corrected chi connectivity index (χ4v) is 5.86. The molecule has 3 unspecified atom stereocenters. The van der Waals surface area contributed by atoms with E-state index in [1.165, 1.54) is 7.11 Å². The molecule has 0 bridgehead atoms. The molecule has 3 atom stereocenters. The molecular formula is C33H37ClN2O5. The van der Waals surface area contributed by atoms with E-state index in [2.05, 4.69) is 0 Å². The van der Waals surface area contributed by atoms with E-state index in [1.54, 1.807) is 41.0 Å². The number of ether oxygens (including phenoxy) is 2. The topological polar surface area (TPSA) is 76.2 Å². The van der Waals surface area contributed by atoms with Gasteiger partial charge in [0.2, 0.25) is 5.91 Å². The van der Waals surface area contributed by atoms with Crippen molar-refractivity contribution in [1.82, 2.24) is 0 Å². The van der Waals surface area contributed by atoms with Gasteiger partial charge in [0.15, 0.2) is 0 Å². The van der Waals surface area contributed by atoms with Crippen LogP contribution in [0.15, 0.2) is 72.8 Å². The summed E-state index contributed by atoms with van der Waals surface area (Å²) in [5, 5.41) is 0.593. The summed E-state index contributed by atoms with van der Waals surface area (Å²) in [4.78, 5) is 42.9. The van der Waals surface area contributed by atoms with Gasteiger partial charge in [0, 0.05) is 29.4 Å². The quantitative estimate of drug-likeness (QED) is 0.264. The number of halogens is 1. The molecule has 4 rings (SSSR count). The van der Waals surface area contributed by atoms with E-state index in [1.807, 2.05) is 76.2 Å². The summed E-state index contributed by atoms with van der Waals surface area (Å²) in [7, 11) is 1.37. The lowest BCUT2D eigenvalue weighted by Crippen LogP contribution is -2.47. The van der Waals surface area contributed by atoms with Gasteiger partial charge in [-0.2, -0.15) is 0 Å². The Bertz CT molecular complexity index is 1420. The lowest BCUT2D eigenvalue weighted by atomic mass is 9.87. The van der Waals surface area contributed by atoms with Crippen molar-refractivity contribution in [3.05, 3.63) is 88.9 Å². The molecule has 0 aromatic heterocycles. The third-order valence-corrected chi connectivity index (χ3v) is 7.77. The number of esters is 1. The fourth-order valence-electron chi connectivity index (χ4n) is 5.73. The molecule has 0 N–H and O–H groups in total. The molecule has 216 valence electrons. The second kappa shape index (κ2) is 12.4. The highest BCUT2D eigenvalue weighted by Gasteiger charge is 2.39. The predicted molar refractivity (Wildman–Crippen MR) is 162 cm³/mol. The van der Waals surface area contributed by atoms with Crippen LogP contribution in [-0.2, 0) is 14.3 Å². The normalized spacial score (nSPS) is 17.3. The van der Waals surface area contributed by atoms with Gasteiger partial charge in [-0.3, -0.25) is 14.4 Å². The van der Waals surface area contributed by atoms with E-state index in [0.29, 0.717) is 29.2 Å². The molecule has 3 aromatic carbocycles. The first-order valence-corrected chi connectivity index (χ1v) is 14.1. The smallest absolute Gasteiger partial charge is 0.311 e. The lowest BCUT2D eigenvalue weighted by Gasteiger charge is -2.43. The van der Waals surface area contributed by atoms with Crippen molar-refractivity contribution >= 4 is 40.8 Å². The Hall–Kier alpha value is -3.84. The van der Waals surface area contributed by atoms with Crippen LogP contribution in [0.1, 0.15) is 69.4 Å². The van der Waals surface area contributed by atoms with Crippen molar-refractivity contribution in [3.63, 3.8) is 0 Å². The van der Waals surface area contributed by atoms with Crippen LogP contribution in [0, 0.1) is 5.41 Å². The Labute approximate surface area is 247 Å². The van der Waals surface area contributed by atoms with Crippen molar-refractivity contribution < 1.29 is 23.9 Å². The molecular weight excluding hydrogens is 540 g/mol. The zero-order valence-corrected chi connectivity index (χ0v) is 25.1. The van der Waals surface area contributed by atoms with Gasteiger partial charge in [-0.15, -0.1) is 0 Å². The van der Waals surface area contributed by atoms with E-state index >= 15 is 0 Å². The molecule has 0 spiro atoms. The minimum atomic E-state index is -0.741. The van der Waals surface area contributed by atoms with Crippen LogP contribution in [0.2, 0.25) is 5.02 Å². The van der Waals surface area contributed by atoms with Crippen molar-refractivity contribution in [2.75, 3.05) is 16.9 Å². The maximum Gasteiger partial charge on any atom is 0.311 e. The molecule has 3 aromatic rings. The molecule has 0 radical (unpaired) electrons. The summed E-state index contributed by atoms with van der Waals surface area (Å²) in [5.74, 6) is -0.158. The Morgan fingerprint density at radius 1 is 1.02 bits per heavy atom. The van der Waals surface area contributed by atoms with E-state index in [0.717, 1.165) is 16.9 Å². The van der Waals surface area contributed by atoms with E-state index < -0.39 is 5.41 Å². The first-order valence-electron chi connectivity index (χ1n) is 13.8. The zero-order chi connectivity index (χ0) is 29.9. The van der Waals surface area contributed by atoms with Gasteiger partial charge in [-0.05, 0) is 88.6 Å². The van der Waals surface area contributed by atoms with Gasteiger partial charge >= 0.3 is 5.97 Å². The van der Waals surface area contributed by atoms with Crippen LogP contribution in [0.5, 0.6) is 5.75 Å². The molecule has 1 aliphatic rings. The highest BCUT2D eigenvalue weighted by Crippen LogP contribution is 2.43. The molecule has 0 saturated carbocycles. The second-order valence-electron chi connectivity index (χ2n) is 11.2. The van der Waals surface area contributed by atoms with Gasteiger partial charge in [-0.25, -0.2) is 0 Å².